The molecule has 1 aliphatic rings. The summed E-state index contributed by atoms with van der Waals surface area (Å²) < 4.78 is 11.8. The van der Waals surface area contributed by atoms with Crippen molar-refractivity contribution < 1.29 is 18.7 Å². The molecule has 37 heavy (non-hydrogen) atoms. The number of ether oxygens (including phenoxy) is 1. The first-order valence-corrected chi connectivity index (χ1v) is 12.8. The Kier molecular flexibility index (Phi) is 8.68. The molecule has 2 aromatic heterocycles. The number of nitrogens with one attached hydrogen (secondary N) is 2. The Balaban J connectivity index is 1.59. The predicted octanol–water partition coefficient (Wildman–Crippen LogP) is 4.73. The third-order valence-corrected chi connectivity index (χ3v) is 6.91. The van der Waals surface area contributed by atoms with E-state index in [-0.39, 0.29) is 17.6 Å². The molecule has 1 aromatic carbocycles. The molecule has 3 aromatic rings. The highest BCUT2D eigenvalue weighted by Gasteiger charge is 2.30. The number of rotatable bonds is 9. The number of halogens is 1. The van der Waals surface area contributed by atoms with E-state index in [1.807, 2.05) is 25.1 Å². The van der Waals surface area contributed by atoms with Gasteiger partial charge < -0.3 is 29.6 Å². The van der Waals surface area contributed by atoms with Gasteiger partial charge in [0.05, 0.1) is 5.02 Å². The second kappa shape index (κ2) is 11.9. The van der Waals surface area contributed by atoms with Crippen LogP contribution in [0.1, 0.15) is 36.2 Å². The van der Waals surface area contributed by atoms with E-state index in [2.05, 4.69) is 34.6 Å². The number of furan rings is 1. The Labute approximate surface area is 222 Å². The lowest BCUT2D eigenvalue weighted by atomic mass is 9.85. The van der Waals surface area contributed by atoms with Crippen molar-refractivity contribution in [2.45, 2.75) is 31.7 Å². The number of anilines is 2. The lowest BCUT2D eigenvalue weighted by Gasteiger charge is -2.31. The summed E-state index contributed by atoms with van der Waals surface area (Å²) in [7, 11) is 8.09. The molecule has 4 rings (SSSR count). The van der Waals surface area contributed by atoms with Crippen LogP contribution in [0.3, 0.4) is 0 Å². The lowest BCUT2D eigenvalue weighted by Crippen LogP contribution is -2.35. The molecule has 1 aliphatic carbocycles. The van der Waals surface area contributed by atoms with Gasteiger partial charge in [0.25, 0.3) is 5.91 Å². The Bertz CT molecular complexity index is 1230. The summed E-state index contributed by atoms with van der Waals surface area (Å²) >= 11 is 5.91. The minimum absolute atomic E-state index is 0.00696. The first-order valence-electron chi connectivity index (χ1n) is 12.5. The molecule has 1 saturated carbocycles. The molecule has 10 heteroatoms. The van der Waals surface area contributed by atoms with Gasteiger partial charge in [-0.15, -0.1) is 0 Å². The van der Waals surface area contributed by atoms with Crippen molar-refractivity contribution in [2.75, 3.05) is 52.0 Å². The van der Waals surface area contributed by atoms with E-state index in [0.717, 1.165) is 32.2 Å². The minimum atomic E-state index is -0.521. The van der Waals surface area contributed by atoms with Crippen molar-refractivity contribution >= 4 is 45.9 Å². The van der Waals surface area contributed by atoms with Crippen LogP contribution in [-0.4, -0.2) is 74.0 Å². The fraction of sp³-hybridized carbons (Fsp3) is 0.444. The quantitative estimate of drug-likeness (QED) is 0.415. The van der Waals surface area contributed by atoms with Crippen molar-refractivity contribution in [3.05, 3.63) is 47.3 Å². The van der Waals surface area contributed by atoms with Gasteiger partial charge in [0, 0.05) is 36.2 Å². The topological polar surface area (TPSA) is 99.9 Å². The van der Waals surface area contributed by atoms with E-state index < -0.39 is 5.91 Å². The molecule has 198 valence electrons. The van der Waals surface area contributed by atoms with E-state index in [9.17, 15) is 9.59 Å². The highest BCUT2D eigenvalue weighted by atomic mass is 35.5. The van der Waals surface area contributed by atoms with Gasteiger partial charge in [0.15, 0.2) is 0 Å². The maximum Gasteiger partial charge on any atom is 0.294 e. The number of nitrogens with zero attached hydrogens (tertiary/aromatic N) is 3. The SMILES string of the molecule is CN(C)CCOc1ccc2c(NC(=O)[C@H]3CC[C@H](N(C)C)CC3)c(C(=O)Nc3ccc(Cl)cn3)oc2c1. The van der Waals surface area contributed by atoms with Crippen molar-refractivity contribution in [3.63, 3.8) is 0 Å². The number of hydrogen-bond donors (Lipinski definition) is 2. The highest BCUT2D eigenvalue weighted by Crippen LogP contribution is 2.35. The first-order chi connectivity index (χ1) is 17.7. The van der Waals surface area contributed by atoms with E-state index in [0.29, 0.717) is 45.9 Å². The number of fused-ring (bicyclic) bond motifs is 1. The van der Waals surface area contributed by atoms with Crippen molar-refractivity contribution in [1.82, 2.24) is 14.8 Å². The standard InChI is InChI=1S/C27H34ClN5O4/c1-32(2)13-14-36-20-10-11-21-22(15-20)37-25(27(35)30-23-12-7-18(28)16-29-23)24(21)31-26(34)17-5-8-19(9-6-17)33(3)4/h7,10-12,15-17,19H,5-6,8-9,13-14H2,1-4H3,(H,31,34)(H,29,30,35)/t17-,19-. The smallest absolute Gasteiger partial charge is 0.294 e. The highest BCUT2D eigenvalue weighted by molar-refractivity contribution is 6.30. The summed E-state index contributed by atoms with van der Waals surface area (Å²) in [4.78, 5) is 34.9. The minimum Gasteiger partial charge on any atom is -0.492 e. The lowest BCUT2D eigenvalue weighted by molar-refractivity contribution is -0.121. The summed E-state index contributed by atoms with van der Waals surface area (Å²) in [5.41, 5.74) is 0.796. The largest absolute Gasteiger partial charge is 0.492 e. The molecule has 0 saturated heterocycles. The second-order valence-electron chi connectivity index (χ2n) is 9.89. The monoisotopic (exact) mass is 527 g/mol. The van der Waals surface area contributed by atoms with E-state index >= 15 is 0 Å². The predicted molar refractivity (Wildman–Crippen MR) is 146 cm³/mol. The zero-order valence-corrected chi connectivity index (χ0v) is 22.5. The number of carbonyl (C=O) groups excluding carboxylic acids is 2. The van der Waals surface area contributed by atoms with Crippen LogP contribution in [0, 0.1) is 5.92 Å². The average Bonchev–Trinajstić information content (AvgIpc) is 3.23. The molecule has 0 spiro atoms. The number of amides is 2. The third kappa shape index (κ3) is 6.80. The average molecular weight is 528 g/mol. The number of benzene rings is 1. The molecule has 0 unspecified atom stereocenters. The Morgan fingerprint density at radius 3 is 2.49 bits per heavy atom. The van der Waals surface area contributed by atoms with E-state index in [1.165, 1.54) is 6.20 Å². The maximum atomic E-state index is 13.3. The molecular weight excluding hydrogens is 494 g/mol. The molecule has 0 aliphatic heterocycles. The summed E-state index contributed by atoms with van der Waals surface area (Å²) in [5, 5.41) is 6.82. The Hall–Kier alpha value is -3.14. The molecule has 2 heterocycles. The van der Waals surface area contributed by atoms with Gasteiger partial charge >= 0.3 is 0 Å². The Morgan fingerprint density at radius 2 is 1.84 bits per heavy atom. The maximum absolute atomic E-state index is 13.3. The van der Waals surface area contributed by atoms with Gasteiger partial charge in [-0.05, 0) is 78.1 Å². The van der Waals surface area contributed by atoms with Gasteiger partial charge in [-0.3, -0.25) is 9.59 Å². The van der Waals surface area contributed by atoms with Crippen molar-refractivity contribution in [1.29, 1.82) is 0 Å². The molecular formula is C27H34ClN5O4. The summed E-state index contributed by atoms with van der Waals surface area (Å²) in [6.45, 7) is 1.27. The summed E-state index contributed by atoms with van der Waals surface area (Å²) in [5.74, 6) is 0.199. The van der Waals surface area contributed by atoms with Crippen LogP contribution >= 0.6 is 11.6 Å². The molecule has 0 radical (unpaired) electrons. The normalized spacial score (nSPS) is 17.8. The number of hydrogen-bond acceptors (Lipinski definition) is 7. The van der Waals surface area contributed by atoms with Crippen molar-refractivity contribution in [3.8, 4) is 5.75 Å². The number of aromatic nitrogens is 1. The number of likely N-dealkylation sites (N-methyl/N-ethyl adjacent to an activating group) is 1. The Morgan fingerprint density at radius 1 is 1.08 bits per heavy atom. The number of carbonyl (C=O) groups is 2. The first kappa shape index (κ1) is 26.9. The van der Waals surface area contributed by atoms with Crippen molar-refractivity contribution in [2.24, 2.45) is 5.92 Å². The zero-order valence-electron chi connectivity index (χ0n) is 21.7. The van der Waals surface area contributed by atoms with Gasteiger partial charge in [-0.1, -0.05) is 11.6 Å². The van der Waals surface area contributed by atoms with Gasteiger partial charge in [0.2, 0.25) is 11.7 Å². The van der Waals surface area contributed by atoms with Crippen LogP contribution < -0.4 is 15.4 Å². The summed E-state index contributed by atoms with van der Waals surface area (Å²) in [6, 6.07) is 9.07. The van der Waals surface area contributed by atoms with Crippen LogP contribution in [0.4, 0.5) is 11.5 Å². The van der Waals surface area contributed by atoms with E-state index in [1.54, 1.807) is 24.3 Å². The van der Waals surface area contributed by atoms with Gasteiger partial charge in [-0.25, -0.2) is 4.98 Å². The second-order valence-corrected chi connectivity index (χ2v) is 10.3. The molecule has 0 bridgehead atoms. The van der Waals surface area contributed by atoms with Gasteiger partial charge in [0.1, 0.15) is 29.4 Å². The molecule has 2 amide bonds. The fourth-order valence-electron chi connectivity index (χ4n) is 4.50. The van der Waals surface area contributed by atoms with Crippen LogP contribution in [0.5, 0.6) is 5.75 Å². The van der Waals surface area contributed by atoms with E-state index in [4.69, 9.17) is 20.8 Å². The van der Waals surface area contributed by atoms with Crippen LogP contribution in [-0.2, 0) is 4.79 Å². The number of pyridine rings is 1. The van der Waals surface area contributed by atoms with Crippen LogP contribution in [0.15, 0.2) is 40.9 Å². The van der Waals surface area contributed by atoms with Crippen LogP contribution in [0.2, 0.25) is 5.02 Å². The molecule has 1 fully saturated rings. The molecule has 9 nitrogen and oxygen atoms in total. The molecule has 0 atom stereocenters. The zero-order chi connectivity index (χ0) is 26.5. The third-order valence-electron chi connectivity index (χ3n) is 6.69. The summed E-state index contributed by atoms with van der Waals surface area (Å²) in [6.07, 6.45) is 4.95. The fourth-order valence-corrected chi connectivity index (χ4v) is 4.61. The molecule has 2 N–H and O–H groups in total. The van der Waals surface area contributed by atoms with Crippen LogP contribution in [0.25, 0.3) is 11.0 Å². The van der Waals surface area contributed by atoms with Gasteiger partial charge in [-0.2, -0.15) is 0 Å².